The molecule has 2 aliphatic carbocycles. The molecule has 10 atom stereocenters. The van der Waals surface area contributed by atoms with Crippen LogP contribution < -0.4 is 0 Å². The highest BCUT2D eigenvalue weighted by molar-refractivity contribution is 5.02. The van der Waals surface area contributed by atoms with E-state index in [0.29, 0.717) is 18.4 Å². The van der Waals surface area contributed by atoms with Crippen LogP contribution in [0.15, 0.2) is 0 Å². The Morgan fingerprint density at radius 1 is 0.714 bits per heavy atom. The number of fused-ring (bicyclic) bond motifs is 1. The maximum absolute atomic E-state index is 6.88. The van der Waals surface area contributed by atoms with Crippen LogP contribution in [0, 0.1) is 17.8 Å². The van der Waals surface area contributed by atoms with Gasteiger partial charge in [-0.25, -0.2) is 0 Å². The van der Waals surface area contributed by atoms with Crippen LogP contribution in [0.2, 0.25) is 0 Å². The van der Waals surface area contributed by atoms with E-state index in [-0.39, 0.29) is 42.7 Å². The van der Waals surface area contributed by atoms with Gasteiger partial charge >= 0.3 is 0 Å². The summed E-state index contributed by atoms with van der Waals surface area (Å²) in [6.07, 6.45) is 10.2. The van der Waals surface area contributed by atoms with E-state index in [1.165, 1.54) is 12.8 Å². The van der Waals surface area contributed by atoms with Gasteiger partial charge in [0, 0.05) is 31.6 Å². The van der Waals surface area contributed by atoms with E-state index in [1.807, 2.05) is 0 Å². The van der Waals surface area contributed by atoms with Gasteiger partial charge in [0.05, 0.1) is 12.7 Å². The summed E-state index contributed by atoms with van der Waals surface area (Å²) in [5, 5.41) is 0. The molecular weight excluding hydrogens is 448 g/mol. The van der Waals surface area contributed by atoms with E-state index in [9.17, 15) is 0 Å². The summed E-state index contributed by atoms with van der Waals surface area (Å²) in [7, 11) is 0. The molecule has 4 saturated heterocycles. The summed E-state index contributed by atoms with van der Waals surface area (Å²) >= 11 is 0. The Morgan fingerprint density at radius 2 is 1.40 bits per heavy atom. The third-order valence-electron chi connectivity index (χ3n) is 10.0. The van der Waals surface area contributed by atoms with Crippen LogP contribution >= 0.6 is 0 Å². The number of hydrogen-bond donors (Lipinski definition) is 0. The molecule has 0 aromatic carbocycles. The van der Waals surface area contributed by atoms with Crippen LogP contribution in [0.4, 0.5) is 0 Å². The van der Waals surface area contributed by atoms with Crippen molar-refractivity contribution in [3.63, 3.8) is 0 Å². The second kappa shape index (κ2) is 9.79. The molecule has 0 bridgehead atoms. The minimum atomic E-state index is -0.523. The molecule has 0 N–H and O–H groups in total. The quantitative estimate of drug-likeness (QED) is 0.526. The standard InChI is InChI=1S/C28H46O7/c1-5-20-18(3)17(2)19(4)25(30-20)32-23-22(21-16-29-27(33-21)12-8-6-9-13-27)31-26-24(23)34-28(35-26)14-10-7-11-15-28/h17-26H,5-16H2,1-4H3/t17-,18+,19?,20?,21?,22-,23-,24?,25-,26-/m0/s1. The van der Waals surface area contributed by atoms with Gasteiger partial charge in [-0.1, -0.05) is 40.5 Å². The Hall–Kier alpha value is -0.280. The topological polar surface area (TPSA) is 64.6 Å². The van der Waals surface area contributed by atoms with Crippen molar-refractivity contribution in [2.45, 2.75) is 153 Å². The van der Waals surface area contributed by atoms with Crippen molar-refractivity contribution < 1.29 is 33.2 Å². The van der Waals surface area contributed by atoms with Gasteiger partial charge < -0.3 is 33.2 Å². The van der Waals surface area contributed by atoms with E-state index < -0.39 is 17.9 Å². The van der Waals surface area contributed by atoms with Gasteiger partial charge in [0.1, 0.15) is 24.4 Å². The van der Waals surface area contributed by atoms with Gasteiger partial charge in [0.25, 0.3) is 0 Å². The monoisotopic (exact) mass is 494 g/mol. The Morgan fingerprint density at radius 3 is 2.09 bits per heavy atom. The summed E-state index contributed by atoms with van der Waals surface area (Å²) in [6, 6.07) is 0. The fourth-order valence-corrected chi connectivity index (χ4v) is 7.49. The summed E-state index contributed by atoms with van der Waals surface area (Å²) in [6.45, 7) is 9.61. The number of rotatable bonds is 4. The van der Waals surface area contributed by atoms with Crippen molar-refractivity contribution in [3.8, 4) is 0 Å². The second-order valence-electron chi connectivity index (χ2n) is 12.2. The maximum atomic E-state index is 6.88. The highest BCUT2D eigenvalue weighted by Crippen LogP contribution is 2.49. The van der Waals surface area contributed by atoms with E-state index >= 15 is 0 Å². The average molecular weight is 495 g/mol. The molecule has 35 heavy (non-hydrogen) atoms. The lowest BCUT2D eigenvalue weighted by Gasteiger charge is -2.45. The first-order valence-corrected chi connectivity index (χ1v) is 14.6. The molecule has 6 rings (SSSR count). The predicted molar refractivity (Wildman–Crippen MR) is 128 cm³/mol. The van der Waals surface area contributed by atoms with Crippen LogP contribution in [0.5, 0.6) is 0 Å². The lowest BCUT2D eigenvalue weighted by Crippen LogP contribution is -2.52. The van der Waals surface area contributed by atoms with Crippen LogP contribution in [0.1, 0.15) is 98.3 Å². The molecule has 2 saturated carbocycles. The zero-order chi connectivity index (χ0) is 24.2. The summed E-state index contributed by atoms with van der Waals surface area (Å²) in [4.78, 5) is 0. The molecule has 0 amide bonds. The van der Waals surface area contributed by atoms with Crippen LogP contribution in [-0.2, 0) is 33.2 Å². The van der Waals surface area contributed by atoms with E-state index in [1.54, 1.807) is 0 Å². The van der Waals surface area contributed by atoms with Crippen molar-refractivity contribution in [2.75, 3.05) is 6.61 Å². The largest absolute Gasteiger partial charge is 0.349 e. The van der Waals surface area contributed by atoms with Crippen LogP contribution in [0.25, 0.3) is 0 Å². The molecule has 6 aliphatic rings. The second-order valence-corrected chi connectivity index (χ2v) is 12.2. The molecule has 6 fully saturated rings. The van der Waals surface area contributed by atoms with Crippen molar-refractivity contribution >= 4 is 0 Å². The third-order valence-corrected chi connectivity index (χ3v) is 10.0. The average Bonchev–Trinajstić information content (AvgIpc) is 3.52. The Kier molecular flexibility index (Phi) is 7.00. The summed E-state index contributed by atoms with van der Waals surface area (Å²) in [5.74, 6) is 0.325. The van der Waals surface area contributed by atoms with Crippen molar-refractivity contribution in [1.82, 2.24) is 0 Å². The van der Waals surface area contributed by atoms with E-state index in [4.69, 9.17) is 33.2 Å². The minimum absolute atomic E-state index is 0.185. The number of hydrogen-bond acceptors (Lipinski definition) is 7. The molecule has 4 heterocycles. The van der Waals surface area contributed by atoms with Crippen molar-refractivity contribution in [3.05, 3.63) is 0 Å². The molecule has 0 aromatic heterocycles. The first-order valence-electron chi connectivity index (χ1n) is 14.6. The molecule has 4 unspecified atom stereocenters. The van der Waals surface area contributed by atoms with E-state index in [0.717, 1.165) is 57.8 Å². The molecule has 0 aromatic rings. The third kappa shape index (κ3) is 4.51. The fourth-order valence-electron chi connectivity index (χ4n) is 7.49. The van der Waals surface area contributed by atoms with Gasteiger partial charge in [-0.2, -0.15) is 0 Å². The van der Waals surface area contributed by atoms with Gasteiger partial charge in [-0.3, -0.25) is 0 Å². The normalized spacial score (nSPS) is 49.0. The molecule has 200 valence electrons. The van der Waals surface area contributed by atoms with Gasteiger partial charge in [0.15, 0.2) is 24.2 Å². The molecular formula is C28H46O7. The van der Waals surface area contributed by atoms with Crippen LogP contribution in [-0.4, -0.2) is 61.3 Å². The maximum Gasteiger partial charge on any atom is 0.190 e. The lowest BCUT2D eigenvalue weighted by atomic mass is 9.78. The first kappa shape index (κ1) is 25.0. The predicted octanol–water partition coefficient (Wildman–Crippen LogP) is 5.29. The number of ether oxygens (including phenoxy) is 7. The van der Waals surface area contributed by atoms with Crippen LogP contribution in [0.3, 0.4) is 0 Å². The zero-order valence-electron chi connectivity index (χ0n) is 22.1. The zero-order valence-corrected chi connectivity index (χ0v) is 22.1. The summed E-state index contributed by atoms with van der Waals surface area (Å²) < 4.78 is 46.1. The molecule has 4 aliphatic heterocycles. The van der Waals surface area contributed by atoms with Crippen molar-refractivity contribution in [1.29, 1.82) is 0 Å². The fraction of sp³-hybridized carbons (Fsp3) is 1.00. The first-order chi connectivity index (χ1) is 16.9. The van der Waals surface area contributed by atoms with E-state index in [2.05, 4.69) is 27.7 Å². The van der Waals surface area contributed by atoms with Gasteiger partial charge in [-0.05, 0) is 43.9 Å². The Balaban J connectivity index is 1.22. The Bertz CT molecular complexity index is 731. The highest BCUT2D eigenvalue weighted by Gasteiger charge is 2.62. The minimum Gasteiger partial charge on any atom is -0.349 e. The van der Waals surface area contributed by atoms with Gasteiger partial charge in [0.2, 0.25) is 0 Å². The van der Waals surface area contributed by atoms with Crippen molar-refractivity contribution in [2.24, 2.45) is 17.8 Å². The smallest absolute Gasteiger partial charge is 0.190 e. The molecule has 0 radical (unpaired) electrons. The molecule has 2 spiro atoms. The highest BCUT2D eigenvalue weighted by atomic mass is 16.9. The SMILES string of the molecule is CCC1O[C@@H](O[C@@H]2C3OC4(CCCCC4)O[C@@H]3O[C@H]2C2COC3(CCCCC3)O2)C(C)[C@@H](C)[C@H]1C. The lowest BCUT2D eigenvalue weighted by molar-refractivity contribution is -0.300. The molecule has 7 heteroatoms. The molecule has 7 nitrogen and oxygen atoms in total. The Labute approximate surface area is 210 Å². The van der Waals surface area contributed by atoms with Gasteiger partial charge in [-0.15, -0.1) is 0 Å². The summed E-state index contributed by atoms with van der Waals surface area (Å²) in [5.41, 5.74) is 0.